The van der Waals surface area contributed by atoms with E-state index in [4.69, 9.17) is 0 Å². The van der Waals surface area contributed by atoms with Crippen LogP contribution in [0, 0.1) is 12.7 Å². The third-order valence-corrected chi connectivity index (χ3v) is 6.80. The Morgan fingerprint density at radius 2 is 1.53 bits per heavy atom. The topological polar surface area (TPSA) is 58.4 Å². The van der Waals surface area contributed by atoms with Crippen LogP contribution in [0.4, 0.5) is 4.39 Å². The molecule has 0 aliphatic carbocycles. The second-order valence-electron chi connectivity index (χ2n) is 7.75. The van der Waals surface area contributed by atoms with Crippen molar-refractivity contribution in [2.45, 2.75) is 6.92 Å². The van der Waals surface area contributed by atoms with Gasteiger partial charge in [-0.25, -0.2) is 9.07 Å². The van der Waals surface area contributed by atoms with Gasteiger partial charge in [-0.1, -0.05) is 18.2 Å². The van der Waals surface area contributed by atoms with Crippen LogP contribution in [0.25, 0.3) is 15.9 Å². The number of rotatable bonds is 3. The number of aryl methyl sites for hydroxylation is 1. The number of thiophene rings is 1. The summed E-state index contributed by atoms with van der Waals surface area (Å²) in [7, 11) is 0. The molecule has 0 spiro atoms. The van der Waals surface area contributed by atoms with Gasteiger partial charge in [0.25, 0.3) is 11.8 Å². The quantitative estimate of drug-likeness (QED) is 0.474. The summed E-state index contributed by atoms with van der Waals surface area (Å²) in [6.07, 6.45) is 0. The predicted molar refractivity (Wildman–Crippen MR) is 122 cm³/mol. The number of hydrogen-bond donors (Lipinski definition) is 0. The third-order valence-electron chi connectivity index (χ3n) is 5.70. The molecule has 0 atom stereocenters. The van der Waals surface area contributed by atoms with E-state index in [0.29, 0.717) is 36.6 Å². The van der Waals surface area contributed by atoms with Gasteiger partial charge >= 0.3 is 0 Å². The van der Waals surface area contributed by atoms with Crippen LogP contribution < -0.4 is 0 Å². The molecule has 2 aromatic carbocycles. The molecule has 8 heteroatoms. The lowest BCUT2D eigenvalue weighted by Crippen LogP contribution is -2.50. The van der Waals surface area contributed by atoms with E-state index < -0.39 is 0 Å². The Bertz CT molecular complexity index is 1290. The number of aromatic nitrogens is 2. The molecule has 5 rings (SSSR count). The summed E-state index contributed by atoms with van der Waals surface area (Å²) < 4.78 is 15.0. The predicted octanol–water partition coefficient (Wildman–Crippen LogP) is 4.13. The fourth-order valence-electron chi connectivity index (χ4n) is 3.94. The molecular formula is C24H21FN4O2S. The first-order chi connectivity index (χ1) is 15.5. The van der Waals surface area contributed by atoms with Crippen molar-refractivity contribution >= 4 is 33.4 Å². The zero-order valence-electron chi connectivity index (χ0n) is 17.5. The average Bonchev–Trinajstić information content (AvgIpc) is 3.40. The lowest BCUT2D eigenvalue weighted by molar-refractivity contribution is 0.0538. The number of hydrogen-bond acceptors (Lipinski definition) is 4. The van der Waals surface area contributed by atoms with Gasteiger partial charge in [-0.2, -0.15) is 5.10 Å². The van der Waals surface area contributed by atoms with Crippen molar-refractivity contribution in [3.05, 3.63) is 82.6 Å². The molecule has 2 aromatic heterocycles. The summed E-state index contributed by atoms with van der Waals surface area (Å²) in [5, 5.41) is 5.61. The molecule has 3 heterocycles. The molecule has 6 nitrogen and oxygen atoms in total. The molecule has 162 valence electrons. The Hall–Kier alpha value is -3.52. The van der Waals surface area contributed by atoms with Crippen LogP contribution in [0.15, 0.2) is 60.7 Å². The van der Waals surface area contributed by atoms with Gasteiger partial charge in [0, 0.05) is 37.1 Å². The molecule has 1 fully saturated rings. The maximum absolute atomic E-state index is 13.2. The van der Waals surface area contributed by atoms with Crippen molar-refractivity contribution in [1.29, 1.82) is 0 Å². The second kappa shape index (κ2) is 8.20. The van der Waals surface area contributed by atoms with Crippen LogP contribution in [0.3, 0.4) is 0 Å². The van der Waals surface area contributed by atoms with Crippen molar-refractivity contribution in [3.8, 4) is 5.69 Å². The van der Waals surface area contributed by atoms with E-state index in [1.807, 2.05) is 48.0 Å². The van der Waals surface area contributed by atoms with Crippen LogP contribution in [-0.4, -0.2) is 57.6 Å². The van der Waals surface area contributed by atoms with E-state index in [-0.39, 0.29) is 17.6 Å². The Kier molecular flexibility index (Phi) is 5.22. The highest BCUT2D eigenvalue weighted by molar-refractivity contribution is 7.20. The SMILES string of the molecule is Cc1nn(-c2ccccc2)c2sc(C(=O)N3CCN(C(=O)c4ccc(F)cc4)CC3)cc12. The molecule has 0 bridgehead atoms. The fourth-order valence-corrected chi connectivity index (χ4v) is 5.09. The van der Waals surface area contributed by atoms with E-state index in [2.05, 4.69) is 5.10 Å². The number of amides is 2. The van der Waals surface area contributed by atoms with E-state index in [1.54, 1.807) is 9.80 Å². The largest absolute Gasteiger partial charge is 0.335 e. The highest BCUT2D eigenvalue weighted by atomic mass is 32.1. The minimum absolute atomic E-state index is 0.0286. The number of piperazine rings is 1. The van der Waals surface area contributed by atoms with Crippen LogP contribution in [0.2, 0.25) is 0 Å². The van der Waals surface area contributed by atoms with Gasteiger partial charge in [-0.05, 0) is 49.4 Å². The summed E-state index contributed by atoms with van der Waals surface area (Å²) in [6.45, 7) is 3.77. The number of carbonyl (C=O) groups is 2. The van der Waals surface area contributed by atoms with E-state index in [9.17, 15) is 14.0 Å². The molecule has 4 aromatic rings. The van der Waals surface area contributed by atoms with Crippen LogP contribution in [0.1, 0.15) is 25.7 Å². The molecule has 0 saturated carbocycles. The first-order valence-corrected chi connectivity index (χ1v) is 11.2. The molecule has 0 N–H and O–H groups in total. The van der Waals surface area contributed by atoms with Crippen molar-refractivity contribution in [1.82, 2.24) is 19.6 Å². The second-order valence-corrected chi connectivity index (χ2v) is 8.78. The van der Waals surface area contributed by atoms with Gasteiger partial charge in [0.2, 0.25) is 0 Å². The minimum Gasteiger partial charge on any atom is -0.335 e. The van der Waals surface area contributed by atoms with Gasteiger partial charge in [0.15, 0.2) is 0 Å². The Labute approximate surface area is 188 Å². The standard InChI is InChI=1S/C24H21FN4O2S/c1-16-20-15-21(32-24(20)29(26-16)19-5-3-2-4-6-19)23(31)28-13-11-27(12-14-28)22(30)17-7-9-18(25)10-8-17/h2-10,15H,11-14H2,1H3. The van der Waals surface area contributed by atoms with Crippen molar-refractivity contribution in [2.24, 2.45) is 0 Å². The maximum Gasteiger partial charge on any atom is 0.264 e. The van der Waals surface area contributed by atoms with Crippen LogP contribution in [-0.2, 0) is 0 Å². The van der Waals surface area contributed by atoms with Gasteiger partial charge in [0.05, 0.1) is 16.3 Å². The lowest BCUT2D eigenvalue weighted by atomic mass is 10.1. The average molecular weight is 449 g/mol. The normalized spacial score (nSPS) is 14.2. The summed E-state index contributed by atoms with van der Waals surface area (Å²) in [5.41, 5.74) is 2.30. The molecule has 2 amide bonds. The first kappa shape index (κ1) is 20.4. The molecule has 1 saturated heterocycles. The van der Waals surface area contributed by atoms with Gasteiger partial charge in [0.1, 0.15) is 10.6 Å². The van der Waals surface area contributed by atoms with Crippen LogP contribution >= 0.6 is 11.3 Å². The zero-order chi connectivity index (χ0) is 22.2. The van der Waals surface area contributed by atoms with Crippen molar-refractivity contribution < 1.29 is 14.0 Å². The summed E-state index contributed by atoms with van der Waals surface area (Å²) >= 11 is 1.44. The third kappa shape index (κ3) is 3.67. The highest BCUT2D eigenvalue weighted by Gasteiger charge is 2.27. The number of para-hydroxylation sites is 1. The Morgan fingerprint density at radius 3 is 2.19 bits per heavy atom. The zero-order valence-corrected chi connectivity index (χ0v) is 18.3. The monoisotopic (exact) mass is 448 g/mol. The van der Waals surface area contributed by atoms with Crippen molar-refractivity contribution in [2.75, 3.05) is 26.2 Å². The number of carbonyl (C=O) groups excluding carboxylic acids is 2. The van der Waals surface area contributed by atoms with E-state index >= 15 is 0 Å². The summed E-state index contributed by atoms with van der Waals surface area (Å²) in [6, 6.07) is 17.3. The number of halogens is 1. The highest BCUT2D eigenvalue weighted by Crippen LogP contribution is 2.31. The Balaban J connectivity index is 1.31. The smallest absolute Gasteiger partial charge is 0.264 e. The summed E-state index contributed by atoms with van der Waals surface area (Å²) in [4.78, 5) is 30.9. The number of fused-ring (bicyclic) bond motifs is 1. The molecule has 0 radical (unpaired) electrons. The molecular weight excluding hydrogens is 427 g/mol. The van der Waals surface area contributed by atoms with Crippen molar-refractivity contribution in [3.63, 3.8) is 0 Å². The lowest BCUT2D eigenvalue weighted by Gasteiger charge is -2.34. The minimum atomic E-state index is -0.370. The van der Waals surface area contributed by atoms with Crippen LogP contribution in [0.5, 0.6) is 0 Å². The molecule has 1 aliphatic rings. The molecule has 1 aliphatic heterocycles. The fraction of sp³-hybridized carbons (Fsp3) is 0.208. The molecule has 32 heavy (non-hydrogen) atoms. The Morgan fingerprint density at radius 1 is 0.906 bits per heavy atom. The van der Waals surface area contributed by atoms with Gasteiger partial charge in [-0.15, -0.1) is 11.3 Å². The van der Waals surface area contributed by atoms with E-state index in [1.165, 1.54) is 35.6 Å². The van der Waals surface area contributed by atoms with Gasteiger partial charge in [-0.3, -0.25) is 9.59 Å². The van der Waals surface area contributed by atoms with E-state index in [0.717, 1.165) is 21.6 Å². The summed E-state index contributed by atoms with van der Waals surface area (Å²) in [5.74, 6) is -0.539. The molecule has 0 unspecified atom stereocenters. The first-order valence-electron chi connectivity index (χ1n) is 10.4. The number of nitrogens with zero attached hydrogens (tertiary/aromatic N) is 4. The maximum atomic E-state index is 13.2. The van der Waals surface area contributed by atoms with Gasteiger partial charge < -0.3 is 9.80 Å². The number of benzene rings is 2.